The highest BCUT2D eigenvalue weighted by atomic mass is 16.6. The molecule has 6 nitrogen and oxygen atoms in total. The minimum absolute atomic E-state index is 0.0543. The number of carbonyl (C=O) groups excluding carboxylic acids is 1. The van der Waals surface area contributed by atoms with E-state index in [9.17, 15) is 14.9 Å². The van der Waals surface area contributed by atoms with Crippen LogP contribution in [0.3, 0.4) is 0 Å². The number of aliphatic hydroxyl groups is 1. The maximum atomic E-state index is 11.7. The summed E-state index contributed by atoms with van der Waals surface area (Å²) in [6.45, 7) is 0.116. The molecular weight excluding hydrogens is 212 g/mol. The summed E-state index contributed by atoms with van der Waals surface area (Å²) >= 11 is 0. The van der Waals surface area contributed by atoms with Crippen molar-refractivity contribution in [2.24, 2.45) is 0 Å². The first-order valence-electron chi connectivity index (χ1n) is 4.67. The van der Waals surface area contributed by atoms with Gasteiger partial charge in [0.1, 0.15) is 0 Å². The Kier molecular flexibility index (Phi) is 3.96. The summed E-state index contributed by atoms with van der Waals surface area (Å²) in [7, 11) is 1.56. The van der Waals surface area contributed by atoms with Crippen LogP contribution < -0.4 is 0 Å². The van der Waals surface area contributed by atoms with Gasteiger partial charge in [-0.2, -0.15) is 0 Å². The maximum Gasteiger partial charge on any atom is 0.269 e. The predicted molar refractivity (Wildman–Crippen MR) is 57.1 cm³/mol. The van der Waals surface area contributed by atoms with Crippen LogP contribution >= 0.6 is 0 Å². The van der Waals surface area contributed by atoms with Gasteiger partial charge in [-0.3, -0.25) is 14.9 Å². The third-order valence-electron chi connectivity index (χ3n) is 2.11. The number of nitrogens with zero attached hydrogens (tertiary/aromatic N) is 2. The summed E-state index contributed by atoms with van der Waals surface area (Å²) in [4.78, 5) is 22.9. The Balaban J connectivity index is 2.81. The average Bonchev–Trinajstić information content (AvgIpc) is 2.28. The van der Waals surface area contributed by atoms with Crippen LogP contribution in [0.1, 0.15) is 10.4 Å². The molecule has 0 bridgehead atoms. The van der Waals surface area contributed by atoms with Crippen molar-refractivity contribution in [3.8, 4) is 0 Å². The van der Waals surface area contributed by atoms with Gasteiger partial charge in [-0.1, -0.05) is 0 Å². The minimum atomic E-state index is -0.522. The van der Waals surface area contributed by atoms with Crippen molar-refractivity contribution in [2.75, 3.05) is 20.2 Å². The van der Waals surface area contributed by atoms with Gasteiger partial charge in [0, 0.05) is 31.3 Å². The number of rotatable bonds is 4. The summed E-state index contributed by atoms with van der Waals surface area (Å²) in [5.74, 6) is -0.274. The first-order valence-corrected chi connectivity index (χ1v) is 4.67. The fourth-order valence-electron chi connectivity index (χ4n) is 1.20. The lowest BCUT2D eigenvalue weighted by atomic mass is 10.2. The Morgan fingerprint density at radius 1 is 1.44 bits per heavy atom. The van der Waals surface area contributed by atoms with Crippen LogP contribution in [0.4, 0.5) is 5.69 Å². The number of nitro benzene ring substituents is 1. The van der Waals surface area contributed by atoms with Gasteiger partial charge in [-0.25, -0.2) is 0 Å². The number of nitro groups is 1. The van der Waals surface area contributed by atoms with Crippen LogP contribution in [0.5, 0.6) is 0 Å². The molecule has 0 spiro atoms. The number of amides is 1. The lowest BCUT2D eigenvalue weighted by Crippen LogP contribution is -2.29. The van der Waals surface area contributed by atoms with Crippen LogP contribution in [0.15, 0.2) is 24.3 Å². The van der Waals surface area contributed by atoms with Crippen molar-refractivity contribution >= 4 is 11.6 Å². The second-order valence-electron chi connectivity index (χ2n) is 3.25. The maximum absolute atomic E-state index is 11.7. The Hall–Kier alpha value is -1.95. The molecule has 0 radical (unpaired) electrons. The zero-order chi connectivity index (χ0) is 12.1. The van der Waals surface area contributed by atoms with Crippen molar-refractivity contribution in [2.45, 2.75) is 0 Å². The third kappa shape index (κ3) is 2.77. The first-order chi connectivity index (χ1) is 7.56. The van der Waals surface area contributed by atoms with E-state index >= 15 is 0 Å². The van der Waals surface area contributed by atoms with Crippen molar-refractivity contribution in [3.05, 3.63) is 39.9 Å². The standard InChI is InChI=1S/C10H12N2O4/c1-11(6-7-13)10(14)8-2-4-9(5-3-8)12(15)16/h2-5,13H,6-7H2,1H3. The molecule has 0 atom stereocenters. The number of benzene rings is 1. The van der Waals surface area contributed by atoms with Crippen LogP contribution in [-0.4, -0.2) is 41.0 Å². The molecule has 1 amide bonds. The number of hydrogen-bond donors (Lipinski definition) is 1. The van der Waals surface area contributed by atoms with Crippen molar-refractivity contribution in [3.63, 3.8) is 0 Å². The first kappa shape index (κ1) is 12.1. The number of hydrogen-bond acceptors (Lipinski definition) is 4. The van der Waals surface area contributed by atoms with Crippen molar-refractivity contribution in [1.29, 1.82) is 0 Å². The van der Waals surface area contributed by atoms with Gasteiger partial charge >= 0.3 is 0 Å². The SMILES string of the molecule is CN(CCO)C(=O)c1ccc([N+](=O)[O-])cc1. The third-order valence-corrected chi connectivity index (χ3v) is 2.11. The van der Waals surface area contributed by atoms with E-state index in [0.29, 0.717) is 5.56 Å². The van der Waals surface area contributed by atoms with Crippen LogP contribution in [0, 0.1) is 10.1 Å². The molecule has 0 saturated heterocycles. The van der Waals surface area contributed by atoms with Gasteiger partial charge in [0.15, 0.2) is 0 Å². The molecule has 1 N–H and O–H groups in total. The van der Waals surface area contributed by atoms with E-state index in [0.717, 1.165) is 0 Å². The van der Waals surface area contributed by atoms with E-state index in [1.807, 2.05) is 0 Å². The summed E-state index contributed by atoms with van der Waals surface area (Å²) in [6.07, 6.45) is 0. The fraction of sp³-hybridized carbons (Fsp3) is 0.300. The van der Waals surface area contributed by atoms with Crippen molar-refractivity contribution < 1.29 is 14.8 Å². The Labute approximate surface area is 92.3 Å². The highest BCUT2D eigenvalue weighted by Crippen LogP contribution is 2.12. The van der Waals surface area contributed by atoms with Crippen LogP contribution in [0.25, 0.3) is 0 Å². The largest absolute Gasteiger partial charge is 0.395 e. The van der Waals surface area contributed by atoms with E-state index in [1.54, 1.807) is 7.05 Å². The summed E-state index contributed by atoms with van der Waals surface area (Å²) < 4.78 is 0. The second-order valence-corrected chi connectivity index (χ2v) is 3.25. The molecule has 6 heteroatoms. The molecule has 0 saturated carbocycles. The molecule has 1 aromatic rings. The molecule has 0 fully saturated rings. The van der Waals surface area contributed by atoms with Crippen LogP contribution in [0.2, 0.25) is 0 Å². The van der Waals surface area contributed by atoms with Gasteiger partial charge in [0.25, 0.3) is 11.6 Å². The van der Waals surface area contributed by atoms with Gasteiger partial charge in [-0.05, 0) is 12.1 Å². The van der Waals surface area contributed by atoms with Crippen LogP contribution in [-0.2, 0) is 0 Å². The lowest BCUT2D eigenvalue weighted by Gasteiger charge is -2.15. The van der Waals surface area contributed by atoms with E-state index in [2.05, 4.69) is 0 Å². The number of aliphatic hydroxyl groups excluding tert-OH is 1. The number of non-ortho nitro benzene ring substituents is 1. The predicted octanol–water partition coefficient (Wildman–Crippen LogP) is 0.659. The van der Waals surface area contributed by atoms with E-state index in [1.165, 1.54) is 29.2 Å². The van der Waals surface area contributed by atoms with Gasteiger partial charge in [0.2, 0.25) is 0 Å². The summed E-state index contributed by atoms with van der Waals surface area (Å²) in [5.41, 5.74) is 0.308. The number of likely N-dealkylation sites (N-methyl/N-ethyl adjacent to an activating group) is 1. The smallest absolute Gasteiger partial charge is 0.269 e. The highest BCUT2D eigenvalue weighted by Gasteiger charge is 2.12. The van der Waals surface area contributed by atoms with E-state index in [4.69, 9.17) is 5.11 Å². The zero-order valence-electron chi connectivity index (χ0n) is 8.79. The average molecular weight is 224 g/mol. The van der Waals surface area contributed by atoms with Gasteiger partial charge in [-0.15, -0.1) is 0 Å². The molecule has 0 unspecified atom stereocenters. The molecule has 0 aliphatic rings. The second kappa shape index (κ2) is 5.22. The van der Waals surface area contributed by atoms with Crippen molar-refractivity contribution in [1.82, 2.24) is 4.90 Å². The molecule has 86 valence electrons. The molecule has 0 aliphatic heterocycles. The fourth-order valence-corrected chi connectivity index (χ4v) is 1.20. The quantitative estimate of drug-likeness (QED) is 0.601. The molecule has 0 aliphatic carbocycles. The molecule has 16 heavy (non-hydrogen) atoms. The summed E-state index contributed by atoms with van der Waals surface area (Å²) in [6, 6.07) is 5.35. The van der Waals surface area contributed by atoms with Gasteiger partial charge in [0.05, 0.1) is 11.5 Å². The molecule has 0 heterocycles. The van der Waals surface area contributed by atoms with E-state index < -0.39 is 4.92 Å². The minimum Gasteiger partial charge on any atom is -0.395 e. The Bertz CT molecular complexity index is 388. The van der Waals surface area contributed by atoms with E-state index in [-0.39, 0.29) is 24.7 Å². The normalized spacial score (nSPS) is 9.88. The van der Waals surface area contributed by atoms with Gasteiger partial charge < -0.3 is 10.0 Å². The Morgan fingerprint density at radius 3 is 2.44 bits per heavy atom. The topological polar surface area (TPSA) is 83.7 Å². The summed E-state index contributed by atoms with van der Waals surface area (Å²) in [5, 5.41) is 19.1. The Morgan fingerprint density at radius 2 is 2.00 bits per heavy atom. The molecule has 0 aromatic heterocycles. The lowest BCUT2D eigenvalue weighted by molar-refractivity contribution is -0.384. The number of carbonyl (C=O) groups is 1. The highest BCUT2D eigenvalue weighted by molar-refractivity contribution is 5.94. The monoisotopic (exact) mass is 224 g/mol. The molecule has 1 aromatic carbocycles. The zero-order valence-corrected chi connectivity index (χ0v) is 8.79. The molecule has 1 rings (SSSR count). The molecular formula is C10H12N2O4.